The van der Waals surface area contributed by atoms with Gasteiger partial charge in [0.25, 0.3) is 0 Å². The van der Waals surface area contributed by atoms with E-state index in [0.717, 1.165) is 0 Å². The summed E-state index contributed by atoms with van der Waals surface area (Å²) in [5.41, 5.74) is 0. The van der Waals surface area contributed by atoms with Crippen LogP contribution in [0.15, 0.2) is 0 Å². The lowest BCUT2D eigenvalue weighted by atomic mass is 10.4. The van der Waals surface area contributed by atoms with E-state index in [2.05, 4.69) is 11.8 Å². The molecule has 0 spiro atoms. The Labute approximate surface area is 78.5 Å². The van der Waals surface area contributed by atoms with E-state index in [4.69, 9.17) is 5.11 Å². The topological polar surface area (TPSA) is 57.6 Å². The van der Waals surface area contributed by atoms with Crippen molar-refractivity contribution in [1.29, 1.82) is 0 Å². The van der Waals surface area contributed by atoms with E-state index >= 15 is 0 Å². The predicted molar refractivity (Wildman–Crippen MR) is 50.0 cm³/mol. The second-order valence-corrected chi connectivity index (χ2v) is 5.24. The molecule has 0 bridgehead atoms. The van der Waals surface area contributed by atoms with Crippen molar-refractivity contribution in [3.8, 4) is 11.8 Å². The Morgan fingerprint density at radius 2 is 1.85 bits per heavy atom. The highest BCUT2D eigenvalue weighted by atomic mass is 32.2. The highest BCUT2D eigenvalue weighted by Crippen LogP contribution is 2.02. The molecule has 0 aromatic carbocycles. The smallest absolute Gasteiger partial charge is 0.152 e. The van der Waals surface area contributed by atoms with Crippen LogP contribution in [0.1, 0.15) is 0 Å². The second kappa shape index (κ2) is 4.61. The van der Waals surface area contributed by atoms with Crippen LogP contribution in [0, 0.1) is 11.8 Å². The van der Waals surface area contributed by atoms with Crippen molar-refractivity contribution in [2.24, 2.45) is 0 Å². The zero-order valence-electron chi connectivity index (χ0n) is 7.36. The highest BCUT2D eigenvalue weighted by Gasteiger charge is 2.20. The third-order valence-corrected chi connectivity index (χ3v) is 3.55. The standard InChI is InChI=1S/C8H13NO3S/c10-6-2-1-3-9-4-7-13(11,12)8-5-9/h10H,3-8H2. The summed E-state index contributed by atoms with van der Waals surface area (Å²) in [6, 6.07) is 0. The van der Waals surface area contributed by atoms with E-state index in [1.165, 1.54) is 0 Å². The zero-order valence-corrected chi connectivity index (χ0v) is 8.18. The molecule has 0 radical (unpaired) electrons. The maximum Gasteiger partial charge on any atom is 0.152 e. The molecule has 0 atom stereocenters. The summed E-state index contributed by atoms with van der Waals surface area (Å²) >= 11 is 0. The lowest BCUT2D eigenvalue weighted by Gasteiger charge is -2.24. The minimum atomic E-state index is -2.79. The molecule has 0 unspecified atom stereocenters. The molecule has 0 aliphatic carbocycles. The Kier molecular flexibility index (Phi) is 3.72. The molecule has 1 heterocycles. The van der Waals surface area contributed by atoms with Gasteiger partial charge in [0, 0.05) is 13.1 Å². The summed E-state index contributed by atoms with van der Waals surface area (Å²) in [5.74, 6) is 5.75. The summed E-state index contributed by atoms with van der Waals surface area (Å²) in [4.78, 5) is 1.98. The number of hydrogen-bond donors (Lipinski definition) is 1. The van der Waals surface area contributed by atoms with Gasteiger partial charge in [-0.25, -0.2) is 8.42 Å². The Bertz CT molecular complexity index is 298. The van der Waals surface area contributed by atoms with Crippen molar-refractivity contribution in [3.05, 3.63) is 0 Å². The SMILES string of the molecule is O=S1(=O)CCN(CC#CCO)CC1. The molecule has 1 aliphatic heterocycles. The van der Waals surface area contributed by atoms with E-state index in [-0.39, 0.29) is 18.1 Å². The van der Waals surface area contributed by atoms with Gasteiger partial charge < -0.3 is 5.11 Å². The van der Waals surface area contributed by atoms with Crippen LogP contribution >= 0.6 is 0 Å². The monoisotopic (exact) mass is 203 g/mol. The van der Waals surface area contributed by atoms with Crippen LogP contribution in [0.25, 0.3) is 0 Å². The molecule has 1 fully saturated rings. The van der Waals surface area contributed by atoms with Crippen LogP contribution in [0.2, 0.25) is 0 Å². The van der Waals surface area contributed by atoms with Crippen molar-refractivity contribution in [3.63, 3.8) is 0 Å². The molecule has 74 valence electrons. The number of sulfone groups is 1. The van der Waals surface area contributed by atoms with Gasteiger partial charge in [0.1, 0.15) is 6.61 Å². The van der Waals surface area contributed by atoms with Gasteiger partial charge in [-0.3, -0.25) is 4.90 Å². The number of hydrogen-bond acceptors (Lipinski definition) is 4. The highest BCUT2D eigenvalue weighted by molar-refractivity contribution is 7.91. The van der Waals surface area contributed by atoms with E-state index < -0.39 is 9.84 Å². The summed E-state index contributed by atoms with van der Waals surface area (Å²) in [7, 11) is -2.79. The average Bonchev–Trinajstić information content (AvgIpc) is 2.08. The molecule has 5 heteroatoms. The third-order valence-electron chi connectivity index (χ3n) is 1.94. The first-order valence-electron chi connectivity index (χ1n) is 4.13. The van der Waals surface area contributed by atoms with Gasteiger partial charge in [0.15, 0.2) is 9.84 Å². The molecule has 0 aromatic rings. The van der Waals surface area contributed by atoms with Gasteiger partial charge in [0.05, 0.1) is 18.1 Å². The van der Waals surface area contributed by atoms with Gasteiger partial charge in [-0.05, 0) is 0 Å². The minimum Gasteiger partial charge on any atom is -0.384 e. The van der Waals surface area contributed by atoms with Crippen LogP contribution < -0.4 is 0 Å². The van der Waals surface area contributed by atoms with E-state index in [1.54, 1.807) is 0 Å². The fourth-order valence-electron chi connectivity index (χ4n) is 1.13. The number of rotatable bonds is 1. The molecule has 0 amide bonds. The summed E-state index contributed by atoms with van der Waals surface area (Å²) < 4.78 is 22.0. The molecule has 0 saturated carbocycles. The molecule has 1 aliphatic rings. The number of nitrogens with zero attached hydrogens (tertiary/aromatic N) is 1. The number of aliphatic hydroxyl groups is 1. The Balaban J connectivity index is 2.33. The average molecular weight is 203 g/mol. The fourth-order valence-corrected chi connectivity index (χ4v) is 2.41. The minimum absolute atomic E-state index is 0.133. The normalized spacial score (nSPS) is 21.9. The molecular weight excluding hydrogens is 190 g/mol. The van der Waals surface area contributed by atoms with Gasteiger partial charge in [0.2, 0.25) is 0 Å². The van der Waals surface area contributed by atoms with E-state index in [0.29, 0.717) is 19.6 Å². The molecule has 4 nitrogen and oxygen atoms in total. The number of aliphatic hydroxyl groups excluding tert-OH is 1. The van der Waals surface area contributed by atoms with Crippen LogP contribution in [0.3, 0.4) is 0 Å². The molecular formula is C8H13NO3S. The summed E-state index contributed by atoms with van der Waals surface area (Å²) in [6.07, 6.45) is 0. The Morgan fingerprint density at radius 3 is 2.38 bits per heavy atom. The first-order chi connectivity index (χ1) is 6.14. The maximum absolute atomic E-state index is 11.0. The van der Waals surface area contributed by atoms with Gasteiger partial charge >= 0.3 is 0 Å². The molecule has 0 aromatic heterocycles. The van der Waals surface area contributed by atoms with Crippen molar-refractivity contribution >= 4 is 9.84 Å². The Hall–Kier alpha value is -0.570. The lowest BCUT2D eigenvalue weighted by Crippen LogP contribution is -2.40. The predicted octanol–water partition coefficient (Wildman–Crippen LogP) is -1.29. The van der Waals surface area contributed by atoms with E-state index in [9.17, 15) is 8.42 Å². The van der Waals surface area contributed by atoms with Crippen LogP contribution in [-0.2, 0) is 9.84 Å². The van der Waals surface area contributed by atoms with Gasteiger partial charge in [-0.2, -0.15) is 0 Å². The van der Waals surface area contributed by atoms with Gasteiger partial charge in [-0.15, -0.1) is 0 Å². The first-order valence-corrected chi connectivity index (χ1v) is 5.95. The summed E-state index contributed by atoms with van der Waals surface area (Å²) in [5, 5.41) is 8.39. The second-order valence-electron chi connectivity index (χ2n) is 2.94. The quantitative estimate of drug-likeness (QED) is 0.539. The molecule has 1 N–H and O–H groups in total. The van der Waals surface area contributed by atoms with Crippen LogP contribution in [0.4, 0.5) is 0 Å². The van der Waals surface area contributed by atoms with Crippen molar-refractivity contribution in [2.75, 3.05) is 37.7 Å². The van der Waals surface area contributed by atoms with E-state index in [1.807, 2.05) is 4.90 Å². The maximum atomic E-state index is 11.0. The van der Waals surface area contributed by atoms with Crippen LogP contribution in [0.5, 0.6) is 0 Å². The largest absolute Gasteiger partial charge is 0.384 e. The van der Waals surface area contributed by atoms with Crippen LogP contribution in [-0.4, -0.2) is 56.2 Å². The van der Waals surface area contributed by atoms with Gasteiger partial charge in [-0.1, -0.05) is 11.8 Å². The summed E-state index contributed by atoms with van der Waals surface area (Å²) in [6.45, 7) is 1.53. The van der Waals surface area contributed by atoms with Crippen molar-refractivity contribution < 1.29 is 13.5 Å². The molecule has 13 heavy (non-hydrogen) atoms. The fraction of sp³-hybridized carbons (Fsp3) is 0.750. The van der Waals surface area contributed by atoms with Crippen molar-refractivity contribution in [2.45, 2.75) is 0 Å². The third kappa shape index (κ3) is 3.77. The van der Waals surface area contributed by atoms with Crippen molar-refractivity contribution in [1.82, 2.24) is 4.90 Å². The lowest BCUT2D eigenvalue weighted by molar-refractivity contribution is 0.329. The first kappa shape index (κ1) is 10.5. The Morgan fingerprint density at radius 1 is 1.23 bits per heavy atom. The molecule has 1 saturated heterocycles. The molecule has 1 rings (SSSR count). The zero-order chi connectivity index (χ0) is 9.73.